The molecule has 0 spiro atoms. The van der Waals surface area contributed by atoms with E-state index in [0.717, 1.165) is 5.56 Å². The number of cyclic esters (lactones) is 1. The standard InChI is InChI=1S/C15H14ClN3O2S/c1-19-8-10(20)21-12(9-6-4-3-5-7-9)11-13(16)17-15(22-2)18-14(11)19/h3-7,12H,8H2,1-2H3. The predicted octanol–water partition coefficient (Wildman–Crippen LogP) is 2.93. The zero-order valence-electron chi connectivity index (χ0n) is 12.1. The molecule has 1 aliphatic heterocycles. The molecule has 0 aliphatic carbocycles. The number of anilines is 1. The summed E-state index contributed by atoms with van der Waals surface area (Å²) >= 11 is 7.78. The molecule has 3 rings (SSSR count). The minimum atomic E-state index is -0.600. The van der Waals surface area contributed by atoms with Crippen molar-refractivity contribution in [2.75, 3.05) is 24.7 Å². The van der Waals surface area contributed by atoms with E-state index in [-0.39, 0.29) is 12.5 Å². The molecular weight excluding hydrogens is 322 g/mol. The first-order chi connectivity index (χ1) is 10.6. The van der Waals surface area contributed by atoms with Crippen LogP contribution in [0.25, 0.3) is 0 Å². The molecule has 0 amide bonds. The number of nitrogens with zero attached hydrogens (tertiary/aromatic N) is 3. The molecule has 1 aromatic carbocycles. The second-order valence-corrected chi connectivity index (χ2v) is 6.01. The molecular formula is C15H14ClN3O2S. The molecule has 7 heteroatoms. The van der Waals surface area contributed by atoms with Gasteiger partial charge in [0.05, 0.1) is 5.56 Å². The van der Waals surface area contributed by atoms with Gasteiger partial charge < -0.3 is 9.64 Å². The number of carbonyl (C=O) groups is 1. The van der Waals surface area contributed by atoms with Crippen LogP contribution in [0.5, 0.6) is 0 Å². The van der Waals surface area contributed by atoms with Crippen LogP contribution in [-0.2, 0) is 9.53 Å². The molecule has 2 heterocycles. The third-order valence-electron chi connectivity index (χ3n) is 3.38. The first-order valence-corrected chi connectivity index (χ1v) is 8.27. The number of hydrogen-bond donors (Lipinski definition) is 0. The van der Waals surface area contributed by atoms with Gasteiger partial charge in [0.2, 0.25) is 0 Å². The minimum Gasteiger partial charge on any atom is -0.451 e. The summed E-state index contributed by atoms with van der Waals surface area (Å²) in [7, 11) is 1.79. The third-order valence-corrected chi connectivity index (χ3v) is 4.22. The summed E-state index contributed by atoms with van der Waals surface area (Å²) in [4.78, 5) is 22.6. The van der Waals surface area contributed by atoms with Crippen molar-refractivity contribution in [2.45, 2.75) is 11.3 Å². The number of rotatable bonds is 2. The maximum Gasteiger partial charge on any atom is 0.326 e. The van der Waals surface area contributed by atoms with E-state index in [9.17, 15) is 4.79 Å². The second kappa shape index (κ2) is 6.14. The summed E-state index contributed by atoms with van der Waals surface area (Å²) in [5, 5.41) is 0.876. The highest BCUT2D eigenvalue weighted by molar-refractivity contribution is 7.98. The number of fused-ring (bicyclic) bond motifs is 1. The van der Waals surface area contributed by atoms with E-state index in [1.165, 1.54) is 11.8 Å². The summed E-state index contributed by atoms with van der Waals surface area (Å²) in [6.45, 7) is 0.123. The van der Waals surface area contributed by atoms with E-state index in [4.69, 9.17) is 16.3 Å². The molecule has 5 nitrogen and oxygen atoms in total. The van der Waals surface area contributed by atoms with Crippen LogP contribution in [0.3, 0.4) is 0 Å². The largest absolute Gasteiger partial charge is 0.451 e. The van der Waals surface area contributed by atoms with Crippen LogP contribution in [0, 0.1) is 0 Å². The van der Waals surface area contributed by atoms with E-state index in [1.54, 1.807) is 11.9 Å². The average molecular weight is 336 g/mol. The van der Waals surface area contributed by atoms with Crippen LogP contribution < -0.4 is 4.90 Å². The Balaban J connectivity index is 2.20. The smallest absolute Gasteiger partial charge is 0.326 e. The fourth-order valence-corrected chi connectivity index (χ4v) is 3.05. The molecule has 0 bridgehead atoms. The van der Waals surface area contributed by atoms with Crippen molar-refractivity contribution in [3.8, 4) is 0 Å². The highest BCUT2D eigenvalue weighted by Crippen LogP contribution is 2.39. The van der Waals surface area contributed by atoms with Crippen LogP contribution in [0.2, 0.25) is 5.15 Å². The quantitative estimate of drug-likeness (QED) is 0.364. The number of hydrogen-bond acceptors (Lipinski definition) is 6. The number of thioether (sulfide) groups is 1. The number of esters is 1. The lowest BCUT2D eigenvalue weighted by molar-refractivity contribution is -0.145. The first-order valence-electron chi connectivity index (χ1n) is 6.67. The normalized spacial score (nSPS) is 17.7. The highest BCUT2D eigenvalue weighted by Gasteiger charge is 2.32. The Labute approximate surface area is 137 Å². The van der Waals surface area contributed by atoms with Gasteiger partial charge in [0.1, 0.15) is 17.5 Å². The lowest BCUT2D eigenvalue weighted by Crippen LogP contribution is -2.25. The first kappa shape index (κ1) is 15.1. The number of benzene rings is 1. The fourth-order valence-electron chi connectivity index (χ4n) is 2.38. The van der Waals surface area contributed by atoms with Gasteiger partial charge in [-0.1, -0.05) is 53.7 Å². The van der Waals surface area contributed by atoms with Gasteiger partial charge >= 0.3 is 5.97 Å². The van der Waals surface area contributed by atoms with Crippen molar-refractivity contribution in [2.24, 2.45) is 0 Å². The van der Waals surface area contributed by atoms with Crippen molar-refractivity contribution < 1.29 is 9.53 Å². The zero-order chi connectivity index (χ0) is 15.7. The Hall–Kier alpha value is -1.79. The van der Waals surface area contributed by atoms with Gasteiger partial charge in [-0.2, -0.15) is 0 Å². The molecule has 1 unspecified atom stereocenters. The molecule has 1 aliphatic rings. The Kier molecular flexibility index (Phi) is 4.22. The average Bonchev–Trinajstić information content (AvgIpc) is 2.65. The van der Waals surface area contributed by atoms with Crippen molar-refractivity contribution in [1.82, 2.24) is 9.97 Å². The maximum atomic E-state index is 12.1. The van der Waals surface area contributed by atoms with Gasteiger partial charge in [0, 0.05) is 7.05 Å². The molecule has 2 aromatic rings. The van der Waals surface area contributed by atoms with Gasteiger partial charge in [-0.25, -0.2) is 9.97 Å². The SMILES string of the molecule is CSc1nc(Cl)c2c(n1)N(C)CC(=O)OC2c1ccccc1. The van der Waals surface area contributed by atoms with Crippen molar-refractivity contribution >= 4 is 35.1 Å². The highest BCUT2D eigenvalue weighted by atomic mass is 35.5. The minimum absolute atomic E-state index is 0.123. The van der Waals surface area contributed by atoms with Crippen LogP contribution in [0.1, 0.15) is 17.2 Å². The second-order valence-electron chi connectivity index (χ2n) is 4.88. The summed E-state index contributed by atoms with van der Waals surface area (Å²) in [5.41, 5.74) is 1.47. The molecule has 0 radical (unpaired) electrons. The van der Waals surface area contributed by atoms with Crippen molar-refractivity contribution in [3.63, 3.8) is 0 Å². The van der Waals surface area contributed by atoms with Gasteiger partial charge in [-0.3, -0.25) is 4.79 Å². The lowest BCUT2D eigenvalue weighted by Gasteiger charge is -2.20. The van der Waals surface area contributed by atoms with Crippen molar-refractivity contribution in [1.29, 1.82) is 0 Å². The molecule has 1 aromatic heterocycles. The number of aromatic nitrogens is 2. The number of carbonyl (C=O) groups excluding carboxylic acids is 1. The Bertz CT molecular complexity index is 711. The van der Waals surface area contributed by atoms with E-state index in [1.807, 2.05) is 36.6 Å². The van der Waals surface area contributed by atoms with E-state index < -0.39 is 6.10 Å². The van der Waals surface area contributed by atoms with Gasteiger partial charge in [0.15, 0.2) is 11.3 Å². The van der Waals surface area contributed by atoms with Gasteiger partial charge in [0.25, 0.3) is 0 Å². The van der Waals surface area contributed by atoms with E-state index in [0.29, 0.717) is 21.7 Å². The van der Waals surface area contributed by atoms with Gasteiger partial charge in [-0.05, 0) is 11.8 Å². The molecule has 1 atom stereocenters. The summed E-state index contributed by atoms with van der Waals surface area (Å²) < 4.78 is 5.60. The maximum absolute atomic E-state index is 12.1. The van der Waals surface area contributed by atoms with Crippen LogP contribution in [-0.4, -0.2) is 35.8 Å². The van der Waals surface area contributed by atoms with Gasteiger partial charge in [-0.15, -0.1) is 0 Å². The van der Waals surface area contributed by atoms with Crippen molar-refractivity contribution in [3.05, 3.63) is 46.6 Å². The summed E-state index contributed by atoms with van der Waals surface area (Å²) in [6.07, 6.45) is 1.28. The van der Waals surface area contributed by atoms with E-state index in [2.05, 4.69) is 9.97 Å². The Morgan fingerprint density at radius 3 is 2.73 bits per heavy atom. The molecule has 0 saturated carbocycles. The Morgan fingerprint density at radius 1 is 1.32 bits per heavy atom. The van der Waals surface area contributed by atoms with Crippen LogP contribution in [0.4, 0.5) is 5.82 Å². The van der Waals surface area contributed by atoms with Crippen LogP contribution in [0.15, 0.2) is 35.5 Å². The monoisotopic (exact) mass is 335 g/mol. The molecule has 0 fully saturated rings. The molecule has 0 N–H and O–H groups in total. The zero-order valence-corrected chi connectivity index (χ0v) is 13.7. The number of ether oxygens (including phenoxy) is 1. The summed E-state index contributed by atoms with van der Waals surface area (Å²) in [6, 6.07) is 9.48. The molecule has 22 heavy (non-hydrogen) atoms. The summed E-state index contributed by atoms with van der Waals surface area (Å²) in [5.74, 6) is 0.306. The molecule has 114 valence electrons. The predicted molar refractivity (Wildman–Crippen MR) is 86.5 cm³/mol. The third kappa shape index (κ3) is 2.76. The lowest BCUT2D eigenvalue weighted by atomic mass is 10.0. The van der Waals surface area contributed by atoms with E-state index >= 15 is 0 Å². The Morgan fingerprint density at radius 2 is 2.05 bits per heavy atom. The topological polar surface area (TPSA) is 55.3 Å². The number of likely N-dealkylation sites (N-methyl/N-ethyl adjacent to an activating group) is 1. The molecule has 0 saturated heterocycles. The fraction of sp³-hybridized carbons (Fsp3) is 0.267. The number of halogens is 1. The van der Waals surface area contributed by atoms with Crippen LogP contribution >= 0.6 is 23.4 Å².